The SMILES string of the molecule is O=C(O)c1cc(C(O)N2CC3CCc4cc(C(F)(C(F)(F)F)C(F)(F)F)ccc4C3(S(=O)(=O)c3ccc(F)cc3)C2)on1. The zero-order chi connectivity index (χ0) is 31.8. The lowest BCUT2D eigenvalue weighted by atomic mass is 9.75. The van der Waals surface area contributed by atoms with E-state index >= 15 is 0 Å². The Labute approximate surface area is 237 Å². The number of carboxylic acids is 1. The Balaban J connectivity index is 1.68. The van der Waals surface area contributed by atoms with Crippen LogP contribution in [-0.4, -0.2) is 60.1 Å². The molecule has 1 aromatic heterocycles. The average Bonchev–Trinajstić information content (AvgIpc) is 3.58. The molecule has 17 heteroatoms. The second-order valence-electron chi connectivity index (χ2n) is 10.3. The van der Waals surface area contributed by atoms with Crippen molar-refractivity contribution < 1.29 is 63.1 Å². The number of aliphatic hydroxyl groups is 1. The van der Waals surface area contributed by atoms with E-state index in [2.05, 4.69) is 5.16 Å². The molecule has 1 aliphatic carbocycles. The summed E-state index contributed by atoms with van der Waals surface area (Å²) in [6.45, 7) is -0.808. The molecule has 0 bridgehead atoms. The number of aryl methyl sites for hydroxylation is 1. The summed E-state index contributed by atoms with van der Waals surface area (Å²) in [5, 5.41) is 23.4. The first-order chi connectivity index (χ1) is 19.8. The van der Waals surface area contributed by atoms with Gasteiger partial charge in [-0.15, -0.1) is 0 Å². The van der Waals surface area contributed by atoms with E-state index in [1.165, 1.54) is 4.90 Å². The fraction of sp³-hybridized carbons (Fsp3) is 0.385. The molecule has 3 atom stereocenters. The van der Waals surface area contributed by atoms with Crippen LogP contribution in [0.4, 0.5) is 35.1 Å². The van der Waals surface area contributed by atoms with Crippen LogP contribution in [-0.2, 0) is 26.7 Å². The number of benzene rings is 2. The van der Waals surface area contributed by atoms with Crippen molar-refractivity contribution in [2.45, 2.75) is 46.7 Å². The van der Waals surface area contributed by atoms with Crippen molar-refractivity contribution in [1.29, 1.82) is 0 Å². The number of hydrogen-bond donors (Lipinski definition) is 2. The van der Waals surface area contributed by atoms with Crippen LogP contribution in [0.15, 0.2) is 57.9 Å². The summed E-state index contributed by atoms with van der Waals surface area (Å²) in [5.74, 6) is -3.58. The van der Waals surface area contributed by atoms with Crippen molar-refractivity contribution in [3.05, 3.63) is 82.5 Å². The summed E-state index contributed by atoms with van der Waals surface area (Å²) < 4.78 is 141. The summed E-state index contributed by atoms with van der Waals surface area (Å²) in [6, 6.07) is 5.75. The molecule has 1 saturated heterocycles. The monoisotopic (exact) mass is 640 g/mol. The Bertz CT molecular complexity index is 1660. The number of fused-ring (bicyclic) bond motifs is 3. The molecular formula is C26H20F8N2O6S. The molecule has 2 aromatic carbocycles. The van der Waals surface area contributed by atoms with Crippen LogP contribution < -0.4 is 0 Å². The Morgan fingerprint density at radius 2 is 1.65 bits per heavy atom. The highest BCUT2D eigenvalue weighted by molar-refractivity contribution is 7.92. The highest BCUT2D eigenvalue weighted by Gasteiger charge is 2.73. The van der Waals surface area contributed by atoms with E-state index in [9.17, 15) is 53.4 Å². The fourth-order valence-corrected chi connectivity index (χ4v) is 8.32. The number of aromatic nitrogens is 1. The third kappa shape index (κ3) is 4.59. The van der Waals surface area contributed by atoms with Crippen LogP contribution >= 0.6 is 0 Å². The number of likely N-dealkylation sites (tertiary alicyclic amines) is 1. The molecule has 0 saturated carbocycles. The molecule has 232 valence electrons. The van der Waals surface area contributed by atoms with Gasteiger partial charge in [0.1, 0.15) is 10.6 Å². The van der Waals surface area contributed by atoms with Gasteiger partial charge in [-0.2, -0.15) is 26.3 Å². The second kappa shape index (κ2) is 9.99. The van der Waals surface area contributed by atoms with Gasteiger partial charge in [0.15, 0.2) is 27.5 Å². The first-order valence-electron chi connectivity index (χ1n) is 12.4. The number of sulfone groups is 1. The van der Waals surface area contributed by atoms with Crippen LogP contribution in [0.2, 0.25) is 0 Å². The van der Waals surface area contributed by atoms with Gasteiger partial charge in [-0.1, -0.05) is 23.4 Å². The number of rotatable bonds is 6. The predicted molar refractivity (Wildman–Crippen MR) is 128 cm³/mol. The summed E-state index contributed by atoms with van der Waals surface area (Å²) in [7, 11) is -4.65. The molecule has 2 N–H and O–H groups in total. The summed E-state index contributed by atoms with van der Waals surface area (Å²) >= 11 is 0. The third-order valence-corrected chi connectivity index (χ3v) is 10.5. The Kier molecular flexibility index (Phi) is 7.17. The van der Waals surface area contributed by atoms with Crippen molar-refractivity contribution in [3.8, 4) is 0 Å². The first-order valence-corrected chi connectivity index (χ1v) is 13.9. The number of halogens is 8. The Morgan fingerprint density at radius 1 is 1.02 bits per heavy atom. The maximum absolute atomic E-state index is 14.9. The largest absolute Gasteiger partial charge is 0.476 e. The van der Waals surface area contributed by atoms with Crippen LogP contribution in [0.25, 0.3) is 0 Å². The number of aliphatic hydroxyl groups excluding tert-OH is 1. The number of alkyl halides is 7. The van der Waals surface area contributed by atoms with Gasteiger partial charge in [-0.25, -0.2) is 22.0 Å². The van der Waals surface area contributed by atoms with Crippen LogP contribution in [0.5, 0.6) is 0 Å². The Hall–Kier alpha value is -3.57. The molecule has 5 rings (SSSR count). The maximum Gasteiger partial charge on any atom is 0.435 e. The van der Waals surface area contributed by atoms with Crippen molar-refractivity contribution in [3.63, 3.8) is 0 Å². The van der Waals surface area contributed by atoms with E-state index in [-0.39, 0.29) is 42.3 Å². The van der Waals surface area contributed by atoms with Gasteiger partial charge in [-0.05, 0) is 54.2 Å². The first kappa shape index (κ1) is 30.9. The van der Waals surface area contributed by atoms with E-state index in [1.807, 2.05) is 0 Å². The summed E-state index contributed by atoms with van der Waals surface area (Å²) in [6.07, 6.45) is -14.9. The Morgan fingerprint density at radius 3 is 2.21 bits per heavy atom. The highest BCUT2D eigenvalue weighted by Crippen LogP contribution is 2.57. The van der Waals surface area contributed by atoms with Crippen LogP contribution in [0.1, 0.15) is 45.6 Å². The van der Waals surface area contributed by atoms with Gasteiger partial charge in [0.05, 0.1) is 4.90 Å². The highest BCUT2D eigenvalue weighted by atomic mass is 32.2. The van der Waals surface area contributed by atoms with Gasteiger partial charge < -0.3 is 14.7 Å². The molecule has 0 spiro atoms. The zero-order valence-corrected chi connectivity index (χ0v) is 22.3. The standard InChI is InChI=1S/C26H20F8N2O6S/c27-16-4-6-17(7-5-16)43(40,41)23-12-36(21(37)20-10-19(22(38)39)35-42-20)11-15(23)2-1-13-9-14(3-8-18(13)23)24(28,25(29,30)31)26(32,33)34/h3-10,15,21,37H,1-2,11-12H2,(H,38,39). The summed E-state index contributed by atoms with van der Waals surface area (Å²) in [5.41, 5.74) is -8.61. The molecule has 3 unspecified atom stereocenters. The third-order valence-electron chi connectivity index (χ3n) is 8.01. The molecule has 3 aromatic rings. The molecule has 0 radical (unpaired) electrons. The second-order valence-corrected chi connectivity index (χ2v) is 12.5. The quantitative estimate of drug-likeness (QED) is 0.284. The smallest absolute Gasteiger partial charge is 0.435 e. The van der Waals surface area contributed by atoms with E-state index in [0.29, 0.717) is 12.1 Å². The maximum atomic E-state index is 14.9. The van der Waals surface area contributed by atoms with Gasteiger partial charge in [0, 0.05) is 24.7 Å². The lowest BCUT2D eigenvalue weighted by Crippen LogP contribution is -2.51. The van der Waals surface area contributed by atoms with Crippen LogP contribution in [0.3, 0.4) is 0 Å². The van der Waals surface area contributed by atoms with E-state index in [4.69, 9.17) is 9.63 Å². The van der Waals surface area contributed by atoms with Gasteiger partial charge >= 0.3 is 24.0 Å². The van der Waals surface area contributed by atoms with Crippen molar-refractivity contribution in [2.75, 3.05) is 13.1 Å². The lowest BCUT2D eigenvalue weighted by Gasteiger charge is -2.41. The average molecular weight is 641 g/mol. The molecular weight excluding hydrogens is 620 g/mol. The number of carboxylic acid groups (broad SMARTS) is 1. The van der Waals surface area contributed by atoms with E-state index in [1.54, 1.807) is 0 Å². The van der Waals surface area contributed by atoms with Crippen molar-refractivity contribution in [2.24, 2.45) is 5.92 Å². The zero-order valence-electron chi connectivity index (χ0n) is 21.5. The van der Waals surface area contributed by atoms with Crippen molar-refractivity contribution >= 4 is 15.8 Å². The minimum Gasteiger partial charge on any atom is -0.476 e. The molecule has 1 fully saturated rings. The minimum atomic E-state index is -6.39. The van der Waals surface area contributed by atoms with Gasteiger partial charge in [-0.3, -0.25) is 4.90 Å². The molecule has 2 heterocycles. The van der Waals surface area contributed by atoms with E-state index in [0.717, 1.165) is 30.3 Å². The van der Waals surface area contributed by atoms with Gasteiger partial charge in [0.2, 0.25) is 0 Å². The lowest BCUT2D eigenvalue weighted by molar-refractivity contribution is -0.348. The number of nitrogens with zero attached hydrogens (tertiary/aromatic N) is 2. The van der Waals surface area contributed by atoms with E-state index < -0.39 is 79.2 Å². The minimum absolute atomic E-state index is 0.131. The molecule has 0 amide bonds. The number of carbonyl (C=O) groups is 1. The fourth-order valence-electron chi connectivity index (χ4n) is 5.95. The van der Waals surface area contributed by atoms with Crippen LogP contribution in [0, 0.1) is 11.7 Å². The predicted octanol–water partition coefficient (Wildman–Crippen LogP) is 5.04. The molecule has 43 heavy (non-hydrogen) atoms. The molecule has 1 aliphatic heterocycles. The number of aromatic carboxylic acids is 1. The topological polar surface area (TPSA) is 121 Å². The van der Waals surface area contributed by atoms with Crippen molar-refractivity contribution in [1.82, 2.24) is 10.1 Å². The molecule has 8 nitrogen and oxygen atoms in total. The number of hydrogen-bond acceptors (Lipinski definition) is 7. The summed E-state index contributed by atoms with van der Waals surface area (Å²) in [4.78, 5) is 11.9. The normalized spacial score (nSPS) is 22.2. The van der Waals surface area contributed by atoms with Gasteiger partial charge in [0.25, 0.3) is 0 Å². The molecule has 2 aliphatic rings.